The highest BCUT2D eigenvalue weighted by molar-refractivity contribution is 7.92. The molecule has 0 amide bonds. The van der Waals surface area contributed by atoms with Gasteiger partial charge in [-0.25, -0.2) is 8.42 Å². The van der Waals surface area contributed by atoms with Gasteiger partial charge in [0.1, 0.15) is 0 Å². The zero-order chi connectivity index (χ0) is 22.8. The summed E-state index contributed by atoms with van der Waals surface area (Å²) in [7, 11) is -3.91. The Kier molecular flexibility index (Phi) is 6.02. The maximum absolute atomic E-state index is 12.9. The molecule has 0 atom stereocenters. The number of Topliss-reactive ketones (excluding diaryl/α,β-unsaturated/α-hetero) is 1. The molecule has 31 heavy (non-hydrogen) atoms. The van der Waals surface area contributed by atoms with Crippen molar-refractivity contribution in [3.05, 3.63) is 80.7 Å². The lowest BCUT2D eigenvalue weighted by molar-refractivity contribution is -0.386. The van der Waals surface area contributed by atoms with Crippen LogP contribution in [-0.4, -0.2) is 24.3 Å². The fourth-order valence-corrected chi connectivity index (χ4v) is 4.22. The largest absolute Gasteiger partial charge is 0.349 e. The molecule has 1 heterocycles. The highest BCUT2D eigenvalue weighted by atomic mass is 32.2. The maximum atomic E-state index is 12.9. The Labute approximate surface area is 178 Å². The molecule has 0 aliphatic carbocycles. The summed E-state index contributed by atoms with van der Waals surface area (Å²) in [6.45, 7) is 4.55. The number of rotatable bonds is 7. The fraction of sp³-hybridized carbons (Fsp3) is 0.143. The van der Waals surface area contributed by atoms with Crippen molar-refractivity contribution in [3.63, 3.8) is 0 Å². The molecule has 0 aliphatic heterocycles. The van der Waals surface area contributed by atoms with E-state index in [0.717, 1.165) is 0 Å². The van der Waals surface area contributed by atoms with Crippen molar-refractivity contribution in [1.82, 2.24) is 5.16 Å². The van der Waals surface area contributed by atoms with Gasteiger partial charge in [-0.05, 0) is 68.3 Å². The molecule has 3 aromatic rings. The zero-order valence-corrected chi connectivity index (χ0v) is 17.8. The van der Waals surface area contributed by atoms with Crippen molar-refractivity contribution in [3.8, 4) is 0 Å². The van der Waals surface area contributed by atoms with Crippen LogP contribution in [0.2, 0.25) is 0 Å². The second-order valence-electron chi connectivity index (χ2n) is 6.84. The average molecular weight is 441 g/mol. The molecule has 9 nitrogen and oxygen atoms in total. The first kappa shape index (κ1) is 21.9. The van der Waals surface area contributed by atoms with Crippen LogP contribution in [0, 0.1) is 24.0 Å². The van der Waals surface area contributed by atoms with E-state index < -0.39 is 14.9 Å². The van der Waals surface area contributed by atoms with Crippen LogP contribution in [0.1, 0.15) is 39.9 Å². The van der Waals surface area contributed by atoms with Gasteiger partial charge in [-0.1, -0.05) is 23.4 Å². The molecule has 0 saturated carbocycles. The van der Waals surface area contributed by atoms with E-state index >= 15 is 0 Å². The van der Waals surface area contributed by atoms with Crippen LogP contribution < -0.4 is 4.72 Å². The summed E-state index contributed by atoms with van der Waals surface area (Å²) >= 11 is 0. The number of hydrogen-bond donors (Lipinski definition) is 1. The van der Waals surface area contributed by atoms with E-state index in [1.165, 1.54) is 44.2 Å². The summed E-state index contributed by atoms with van der Waals surface area (Å²) in [6, 6.07) is 10.9. The van der Waals surface area contributed by atoms with Gasteiger partial charge in [0.2, 0.25) is 5.76 Å². The molecular formula is C21H19N3O6S. The summed E-state index contributed by atoms with van der Waals surface area (Å²) < 4.78 is 33.2. The molecule has 0 bridgehead atoms. The molecule has 1 N–H and O–H groups in total. The van der Waals surface area contributed by atoms with Crippen molar-refractivity contribution in [1.29, 1.82) is 0 Å². The number of hydrogen-bond acceptors (Lipinski definition) is 7. The summed E-state index contributed by atoms with van der Waals surface area (Å²) in [5.74, 6) is -0.150. The van der Waals surface area contributed by atoms with Gasteiger partial charge >= 0.3 is 5.69 Å². The van der Waals surface area contributed by atoms with Gasteiger partial charge in [0.25, 0.3) is 10.0 Å². The third kappa shape index (κ3) is 4.86. The molecule has 0 spiro atoms. The Morgan fingerprint density at radius 3 is 2.42 bits per heavy atom. The Bertz CT molecular complexity index is 1290. The van der Waals surface area contributed by atoms with E-state index in [9.17, 15) is 23.3 Å². The Morgan fingerprint density at radius 1 is 1.13 bits per heavy atom. The first-order valence-electron chi connectivity index (χ1n) is 9.11. The molecule has 0 unspecified atom stereocenters. The Morgan fingerprint density at radius 2 is 1.81 bits per heavy atom. The molecule has 10 heteroatoms. The van der Waals surface area contributed by atoms with Crippen molar-refractivity contribution < 1.29 is 22.7 Å². The fourth-order valence-electron chi connectivity index (χ4n) is 2.88. The third-order valence-electron chi connectivity index (χ3n) is 4.51. The molecule has 0 saturated heterocycles. The van der Waals surface area contributed by atoms with Gasteiger partial charge in [0.15, 0.2) is 11.5 Å². The van der Waals surface area contributed by atoms with Crippen molar-refractivity contribution in [2.24, 2.45) is 0 Å². The molecule has 1 aromatic heterocycles. The highest BCUT2D eigenvalue weighted by Gasteiger charge is 2.22. The number of benzene rings is 2. The van der Waals surface area contributed by atoms with Gasteiger partial charge in [-0.15, -0.1) is 0 Å². The quantitative estimate of drug-likeness (QED) is 0.327. The highest BCUT2D eigenvalue weighted by Crippen LogP contribution is 2.26. The van der Waals surface area contributed by atoms with Crippen molar-refractivity contribution >= 4 is 39.3 Å². The van der Waals surface area contributed by atoms with Crippen molar-refractivity contribution in [2.75, 3.05) is 4.72 Å². The number of carbonyl (C=O) groups excluding carboxylic acids is 1. The molecule has 160 valence electrons. The van der Waals surface area contributed by atoms with E-state index in [0.29, 0.717) is 22.4 Å². The first-order valence-corrected chi connectivity index (χ1v) is 10.6. The van der Waals surface area contributed by atoms with Gasteiger partial charge in [-0.2, -0.15) is 0 Å². The second kappa shape index (κ2) is 8.52. The molecular weight excluding hydrogens is 422 g/mol. The van der Waals surface area contributed by atoms with Crippen LogP contribution in [0.4, 0.5) is 11.4 Å². The minimum atomic E-state index is -3.91. The first-order chi connectivity index (χ1) is 14.6. The Hall–Kier alpha value is -3.79. The van der Waals surface area contributed by atoms with Crippen LogP contribution in [0.25, 0.3) is 12.2 Å². The number of nitrogens with one attached hydrogen (secondary N) is 1. The molecule has 3 rings (SSSR count). The van der Waals surface area contributed by atoms with Gasteiger partial charge < -0.3 is 4.52 Å². The lowest BCUT2D eigenvalue weighted by Gasteiger charge is -2.11. The summed E-state index contributed by atoms with van der Waals surface area (Å²) in [5, 5.41) is 14.7. The van der Waals surface area contributed by atoms with Gasteiger partial charge in [0, 0.05) is 11.3 Å². The van der Waals surface area contributed by atoms with E-state index in [2.05, 4.69) is 9.88 Å². The normalized spacial score (nSPS) is 11.6. The zero-order valence-electron chi connectivity index (χ0n) is 16.9. The maximum Gasteiger partial charge on any atom is 0.338 e. The third-order valence-corrected chi connectivity index (χ3v) is 6.04. The van der Waals surface area contributed by atoms with Crippen LogP contribution in [-0.2, 0) is 10.0 Å². The number of aryl methyl sites for hydroxylation is 2. The molecule has 2 aromatic carbocycles. The van der Waals surface area contributed by atoms with Crippen LogP contribution >= 0.6 is 0 Å². The average Bonchev–Trinajstić information content (AvgIpc) is 3.08. The predicted octanol–water partition coefficient (Wildman–Crippen LogP) is 4.37. The molecule has 0 radical (unpaired) electrons. The van der Waals surface area contributed by atoms with E-state index in [1.807, 2.05) is 0 Å². The number of ketones is 1. The lowest BCUT2D eigenvalue weighted by Crippen LogP contribution is -2.14. The number of sulfonamides is 1. The van der Waals surface area contributed by atoms with Crippen molar-refractivity contribution in [2.45, 2.75) is 25.7 Å². The lowest BCUT2D eigenvalue weighted by atomic mass is 10.1. The summed E-state index contributed by atoms with van der Waals surface area (Å²) in [6.07, 6.45) is 2.88. The SMILES string of the molecule is CC(=O)c1ccc(NS(=O)(=O)c2cc(C=Cc3onc(C)c3[N+](=O)[O-])ccc2C)cc1. The van der Waals surface area contributed by atoms with E-state index in [1.54, 1.807) is 31.2 Å². The Balaban J connectivity index is 1.89. The smallest absolute Gasteiger partial charge is 0.338 e. The molecule has 0 aliphatic rings. The summed E-state index contributed by atoms with van der Waals surface area (Å²) in [5.41, 5.74) is 1.72. The van der Waals surface area contributed by atoms with E-state index in [-0.39, 0.29) is 27.8 Å². The number of anilines is 1. The minimum Gasteiger partial charge on any atom is -0.349 e. The number of aromatic nitrogens is 1. The van der Waals surface area contributed by atoms with Crippen LogP contribution in [0.15, 0.2) is 51.9 Å². The minimum absolute atomic E-state index is 0.0313. The van der Waals surface area contributed by atoms with Gasteiger partial charge in [-0.3, -0.25) is 19.6 Å². The summed E-state index contributed by atoms with van der Waals surface area (Å²) in [4.78, 5) is 22.0. The van der Waals surface area contributed by atoms with E-state index in [4.69, 9.17) is 4.52 Å². The number of nitrogens with zero attached hydrogens (tertiary/aromatic N) is 2. The van der Waals surface area contributed by atoms with Crippen LogP contribution in [0.3, 0.4) is 0 Å². The topological polar surface area (TPSA) is 132 Å². The number of nitro groups is 1. The monoisotopic (exact) mass is 441 g/mol. The number of carbonyl (C=O) groups is 1. The predicted molar refractivity (Wildman–Crippen MR) is 115 cm³/mol. The molecule has 0 fully saturated rings. The van der Waals surface area contributed by atoms with Gasteiger partial charge in [0.05, 0.1) is 9.82 Å². The second-order valence-corrected chi connectivity index (χ2v) is 8.49. The van der Waals surface area contributed by atoms with Crippen LogP contribution in [0.5, 0.6) is 0 Å². The standard InChI is InChI=1S/C21H19N3O6S/c1-13-4-5-16(6-11-19-21(24(26)27)14(2)22-30-19)12-20(13)31(28,29)23-18-9-7-17(8-10-18)15(3)25/h4-12,23H,1-3H3.